The zero-order valence-corrected chi connectivity index (χ0v) is 10.8. The fraction of sp³-hybridized carbons (Fsp3) is 0.500. The molecule has 1 amide bonds. The molecule has 6 nitrogen and oxygen atoms in total. The molecule has 0 aliphatic carbocycles. The molecule has 0 saturated carbocycles. The van der Waals surface area contributed by atoms with Gasteiger partial charge in [-0.15, -0.1) is 0 Å². The highest BCUT2D eigenvalue weighted by Crippen LogP contribution is 2.19. The van der Waals surface area contributed by atoms with Gasteiger partial charge in [0.05, 0.1) is 24.0 Å². The van der Waals surface area contributed by atoms with Gasteiger partial charge in [0.25, 0.3) is 0 Å². The van der Waals surface area contributed by atoms with Crippen molar-refractivity contribution in [2.24, 2.45) is 7.05 Å². The van der Waals surface area contributed by atoms with E-state index < -0.39 is 0 Å². The monoisotopic (exact) mass is 247 g/mol. The molecular weight excluding hydrogens is 230 g/mol. The summed E-state index contributed by atoms with van der Waals surface area (Å²) in [5, 5.41) is 6.23. The SMILES string of the molecule is Cc1cnc2n(C)c(C3CNC(=O)C(C)N3)cn12. The van der Waals surface area contributed by atoms with Crippen LogP contribution in [-0.4, -0.2) is 32.4 Å². The van der Waals surface area contributed by atoms with E-state index in [-0.39, 0.29) is 18.0 Å². The van der Waals surface area contributed by atoms with Crippen molar-refractivity contribution in [1.82, 2.24) is 24.6 Å². The quantitative estimate of drug-likeness (QED) is 0.753. The third-order valence-electron chi connectivity index (χ3n) is 3.59. The first-order valence-corrected chi connectivity index (χ1v) is 6.11. The van der Waals surface area contributed by atoms with Crippen LogP contribution in [0, 0.1) is 6.92 Å². The molecule has 1 aliphatic rings. The Hall–Kier alpha value is -1.82. The highest BCUT2D eigenvalue weighted by atomic mass is 16.2. The summed E-state index contributed by atoms with van der Waals surface area (Å²) in [5.74, 6) is 0.982. The molecule has 18 heavy (non-hydrogen) atoms. The predicted molar refractivity (Wildman–Crippen MR) is 67.2 cm³/mol. The van der Waals surface area contributed by atoms with Crippen molar-refractivity contribution >= 4 is 11.7 Å². The van der Waals surface area contributed by atoms with Gasteiger partial charge < -0.3 is 9.88 Å². The number of carbonyl (C=O) groups excluding carboxylic acids is 1. The number of fused-ring (bicyclic) bond motifs is 1. The number of nitrogens with zero attached hydrogens (tertiary/aromatic N) is 3. The number of piperazine rings is 1. The summed E-state index contributed by atoms with van der Waals surface area (Å²) >= 11 is 0. The summed E-state index contributed by atoms with van der Waals surface area (Å²) in [7, 11) is 2.00. The van der Waals surface area contributed by atoms with Gasteiger partial charge in [-0.2, -0.15) is 0 Å². The van der Waals surface area contributed by atoms with Gasteiger partial charge in [0.1, 0.15) is 0 Å². The zero-order chi connectivity index (χ0) is 12.9. The van der Waals surface area contributed by atoms with Gasteiger partial charge in [-0.25, -0.2) is 4.98 Å². The third kappa shape index (κ3) is 1.53. The first-order valence-electron chi connectivity index (χ1n) is 6.11. The molecule has 2 aromatic heterocycles. The van der Waals surface area contributed by atoms with Crippen LogP contribution in [0.15, 0.2) is 12.4 Å². The van der Waals surface area contributed by atoms with Crippen molar-refractivity contribution in [1.29, 1.82) is 0 Å². The van der Waals surface area contributed by atoms with Crippen molar-refractivity contribution in [2.75, 3.05) is 6.54 Å². The largest absolute Gasteiger partial charge is 0.353 e. The molecule has 3 heterocycles. The Morgan fingerprint density at radius 2 is 2.28 bits per heavy atom. The lowest BCUT2D eigenvalue weighted by Gasteiger charge is -2.28. The number of amides is 1. The van der Waals surface area contributed by atoms with E-state index in [9.17, 15) is 4.79 Å². The van der Waals surface area contributed by atoms with Crippen LogP contribution in [0.5, 0.6) is 0 Å². The van der Waals surface area contributed by atoms with Gasteiger partial charge in [-0.1, -0.05) is 0 Å². The molecule has 2 aromatic rings. The lowest BCUT2D eigenvalue weighted by molar-refractivity contribution is -0.124. The van der Waals surface area contributed by atoms with Crippen LogP contribution >= 0.6 is 0 Å². The first kappa shape index (κ1) is 11.3. The summed E-state index contributed by atoms with van der Waals surface area (Å²) < 4.78 is 4.13. The summed E-state index contributed by atoms with van der Waals surface area (Å²) in [4.78, 5) is 15.8. The van der Waals surface area contributed by atoms with Crippen LogP contribution < -0.4 is 10.6 Å². The molecule has 2 N–H and O–H groups in total. The summed E-state index contributed by atoms with van der Waals surface area (Å²) in [6, 6.07) is -0.0316. The highest BCUT2D eigenvalue weighted by molar-refractivity contribution is 5.82. The lowest BCUT2D eigenvalue weighted by atomic mass is 10.1. The second-order valence-electron chi connectivity index (χ2n) is 4.87. The van der Waals surface area contributed by atoms with Crippen molar-refractivity contribution in [3.8, 4) is 0 Å². The van der Waals surface area contributed by atoms with E-state index >= 15 is 0 Å². The average molecular weight is 247 g/mol. The molecule has 0 bridgehead atoms. The molecule has 2 unspecified atom stereocenters. The number of carbonyl (C=O) groups is 1. The number of aryl methyl sites for hydroxylation is 2. The maximum atomic E-state index is 11.4. The number of imidazole rings is 2. The minimum Gasteiger partial charge on any atom is -0.353 e. The summed E-state index contributed by atoms with van der Waals surface area (Å²) in [6.45, 7) is 4.52. The summed E-state index contributed by atoms with van der Waals surface area (Å²) in [6.07, 6.45) is 3.94. The molecule has 1 aliphatic heterocycles. The van der Waals surface area contributed by atoms with E-state index in [4.69, 9.17) is 0 Å². The Morgan fingerprint density at radius 1 is 1.50 bits per heavy atom. The Balaban J connectivity index is 1.99. The molecule has 0 aromatic carbocycles. The topological polar surface area (TPSA) is 63.4 Å². The van der Waals surface area contributed by atoms with Crippen LogP contribution in [0.2, 0.25) is 0 Å². The number of rotatable bonds is 1. The Kier molecular flexibility index (Phi) is 2.41. The first-order chi connectivity index (χ1) is 8.58. The van der Waals surface area contributed by atoms with Crippen LogP contribution in [0.25, 0.3) is 5.78 Å². The molecule has 1 fully saturated rings. The average Bonchev–Trinajstić information content (AvgIpc) is 2.86. The maximum absolute atomic E-state index is 11.4. The van der Waals surface area contributed by atoms with Crippen LogP contribution in [0.4, 0.5) is 0 Å². The van der Waals surface area contributed by atoms with Gasteiger partial charge in [0.15, 0.2) is 0 Å². The van der Waals surface area contributed by atoms with Gasteiger partial charge in [-0.05, 0) is 13.8 Å². The van der Waals surface area contributed by atoms with E-state index in [1.165, 1.54) is 0 Å². The van der Waals surface area contributed by atoms with E-state index in [0.29, 0.717) is 6.54 Å². The van der Waals surface area contributed by atoms with Crippen molar-refractivity contribution in [2.45, 2.75) is 25.9 Å². The molecule has 0 radical (unpaired) electrons. The number of aromatic nitrogens is 3. The summed E-state index contributed by atoms with van der Waals surface area (Å²) in [5.41, 5.74) is 2.24. The third-order valence-corrected chi connectivity index (χ3v) is 3.59. The minimum absolute atomic E-state index is 0.0569. The molecule has 1 saturated heterocycles. The normalized spacial score (nSPS) is 24.5. The van der Waals surface area contributed by atoms with E-state index in [2.05, 4.69) is 30.8 Å². The van der Waals surface area contributed by atoms with E-state index in [1.807, 2.05) is 27.1 Å². The number of hydrogen-bond acceptors (Lipinski definition) is 3. The Bertz CT molecular complexity index is 611. The van der Waals surface area contributed by atoms with Crippen molar-refractivity contribution < 1.29 is 4.79 Å². The second kappa shape index (κ2) is 3.84. The molecule has 0 spiro atoms. The van der Waals surface area contributed by atoms with E-state index in [0.717, 1.165) is 17.2 Å². The van der Waals surface area contributed by atoms with Crippen molar-refractivity contribution in [3.05, 3.63) is 23.8 Å². The van der Waals surface area contributed by atoms with E-state index in [1.54, 1.807) is 0 Å². The number of nitrogens with one attached hydrogen (secondary N) is 2. The molecule has 6 heteroatoms. The Labute approximate surface area is 105 Å². The van der Waals surface area contributed by atoms with Crippen LogP contribution in [-0.2, 0) is 11.8 Å². The minimum atomic E-state index is -0.160. The molecule has 2 atom stereocenters. The highest BCUT2D eigenvalue weighted by Gasteiger charge is 2.27. The van der Waals surface area contributed by atoms with Crippen LogP contribution in [0.3, 0.4) is 0 Å². The van der Waals surface area contributed by atoms with Gasteiger partial charge >= 0.3 is 0 Å². The van der Waals surface area contributed by atoms with Crippen molar-refractivity contribution in [3.63, 3.8) is 0 Å². The maximum Gasteiger partial charge on any atom is 0.236 e. The standard InChI is InChI=1S/C12H17N5O/c1-7-4-14-12-16(3)10(6-17(7)12)9-5-13-11(18)8(2)15-9/h4,6,8-9,15H,5H2,1-3H3,(H,13,18). The van der Waals surface area contributed by atoms with Gasteiger partial charge in [0, 0.05) is 25.5 Å². The second-order valence-corrected chi connectivity index (χ2v) is 4.87. The van der Waals surface area contributed by atoms with Gasteiger partial charge in [-0.3, -0.25) is 14.5 Å². The predicted octanol–water partition coefficient (Wildman–Crippen LogP) is 0.130. The fourth-order valence-electron chi connectivity index (χ4n) is 2.48. The lowest BCUT2D eigenvalue weighted by Crippen LogP contribution is -2.53. The molecule has 3 rings (SSSR count). The Morgan fingerprint density at radius 3 is 2.94 bits per heavy atom. The molecule has 96 valence electrons. The van der Waals surface area contributed by atoms with Crippen LogP contribution in [0.1, 0.15) is 24.4 Å². The van der Waals surface area contributed by atoms with Gasteiger partial charge in [0.2, 0.25) is 11.7 Å². The zero-order valence-electron chi connectivity index (χ0n) is 10.8. The smallest absolute Gasteiger partial charge is 0.236 e. The fourth-order valence-corrected chi connectivity index (χ4v) is 2.48. The molecular formula is C12H17N5O. The number of hydrogen-bond donors (Lipinski definition) is 2.